The van der Waals surface area contributed by atoms with Crippen LogP contribution < -0.4 is 4.90 Å². The Morgan fingerprint density at radius 2 is 0.694 bits per heavy atom. The van der Waals surface area contributed by atoms with Gasteiger partial charge in [0.25, 0.3) is 0 Å². The highest BCUT2D eigenvalue weighted by molar-refractivity contribution is 6.06. The zero-order valence-corrected chi connectivity index (χ0v) is 40.0. The van der Waals surface area contributed by atoms with Gasteiger partial charge in [-0.25, -0.2) is 0 Å². The molecule has 0 radical (unpaired) electrons. The summed E-state index contributed by atoms with van der Waals surface area (Å²) in [6, 6.07) is 92.4. The van der Waals surface area contributed by atoms with E-state index in [0.29, 0.717) is 0 Å². The van der Waals surface area contributed by atoms with E-state index in [1.165, 1.54) is 94.6 Å². The molecule has 0 N–H and O–H groups in total. The third-order valence-electron chi connectivity index (χ3n) is 16.3. The molecule has 0 aliphatic heterocycles. The maximum absolute atomic E-state index is 6.45. The van der Waals surface area contributed by atoms with Crippen LogP contribution in [0.2, 0.25) is 0 Å². The van der Waals surface area contributed by atoms with Gasteiger partial charge in [0.2, 0.25) is 0 Å². The number of nitrogens with zero attached hydrogens (tertiary/aromatic N) is 1. The first-order chi connectivity index (χ1) is 35.4. The largest absolute Gasteiger partial charge is 0.456 e. The van der Waals surface area contributed by atoms with Gasteiger partial charge in [-0.15, -0.1) is 0 Å². The Labute approximate surface area is 419 Å². The Morgan fingerprint density at radius 1 is 0.278 bits per heavy atom. The van der Waals surface area contributed by atoms with E-state index in [0.717, 1.165) is 44.6 Å². The Bertz CT molecular complexity index is 4130. The molecule has 0 atom stereocenters. The number of anilines is 3. The van der Waals surface area contributed by atoms with E-state index in [1.54, 1.807) is 0 Å². The fourth-order valence-electron chi connectivity index (χ4n) is 12.9. The summed E-state index contributed by atoms with van der Waals surface area (Å²) in [5, 5.41) is 2.28. The van der Waals surface area contributed by atoms with Gasteiger partial charge in [0.1, 0.15) is 11.2 Å². The lowest BCUT2D eigenvalue weighted by molar-refractivity contribution is 0.660. The second-order valence-electron chi connectivity index (χ2n) is 20.4. The van der Waals surface area contributed by atoms with E-state index in [9.17, 15) is 0 Å². The molecule has 1 aromatic heterocycles. The molecule has 0 saturated carbocycles. The van der Waals surface area contributed by atoms with Crippen molar-refractivity contribution in [1.82, 2.24) is 0 Å². The van der Waals surface area contributed by atoms with Crippen LogP contribution >= 0.6 is 0 Å². The topological polar surface area (TPSA) is 16.4 Å². The fraction of sp³-hybridized carbons (Fsp3) is 0.0571. The van der Waals surface area contributed by atoms with E-state index < -0.39 is 5.41 Å². The number of fused-ring (bicyclic) bond motifs is 16. The van der Waals surface area contributed by atoms with Gasteiger partial charge >= 0.3 is 0 Å². The Morgan fingerprint density at radius 3 is 1.36 bits per heavy atom. The van der Waals surface area contributed by atoms with Gasteiger partial charge in [-0.05, 0) is 161 Å². The maximum Gasteiger partial charge on any atom is 0.136 e. The third-order valence-corrected chi connectivity index (χ3v) is 16.3. The molecule has 1 spiro atoms. The van der Waals surface area contributed by atoms with Gasteiger partial charge < -0.3 is 9.32 Å². The summed E-state index contributed by atoms with van der Waals surface area (Å²) in [5.74, 6) is 0. The number of hydrogen-bond donors (Lipinski definition) is 0. The summed E-state index contributed by atoms with van der Waals surface area (Å²) in [6.07, 6.45) is 0. The lowest BCUT2D eigenvalue weighted by Gasteiger charge is -2.33. The van der Waals surface area contributed by atoms with Crippen molar-refractivity contribution < 1.29 is 4.42 Å². The molecule has 0 fully saturated rings. The van der Waals surface area contributed by atoms with Crippen LogP contribution in [-0.2, 0) is 10.8 Å². The molecule has 12 aromatic rings. The van der Waals surface area contributed by atoms with Gasteiger partial charge in [0.15, 0.2) is 0 Å². The molecular formula is C70H47NO. The van der Waals surface area contributed by atoms with Crippen LogP contribution in [0, 0.1) is 0 Å². The molecule has 72 heavy (non-hydrogen) atoms. The molecule has 1 heterocycles. The number of hydrogen-bond acceptors (Lipinski definition) is 2. The SMILES string of the molecule is CC1(C)c2ccccc2-c2ccc(N(c3ccc(-c4ccc(-c5ccccc5)cc4)cc3)c3ccc4c(c3)C3(c5ccccc5-c5ccccc53)c3cc(-c5ccc6c(c5)oc5ccccc56)ccc3-4)cc21. The number of para-hydroxylation sites is 1. The Balaban J connectivity index is 0.916. The summed E-state index contributed by atoms with van der Waals surface area (Å²) in [6.45, 7) is 4.75. The minimum absolute atomic E-state index is 0.156. The highest BCUT2D eigenvalue weighted by Crippen LogP contribution is 2.64. The van der Waals surface area contributed by atoms with E-state index >= 15 is 0 Å². The highest BCUT2D eigenvalue weighted by Gasteiger charge is 2.52. The molecule has 0 bridgehead atoms. The van der Waals surface area contributed by atoms with E-state index in [2.05, 4.69) is 261 Å². The van der Waals surface area contributed by atoms with Gasteiger partial charge in [0, 0.05) is 33.2 Å². The highest BCUT2D eigenvalue weighted by atomic mass is 16.3. The number of furan rings is 1. The van der Waals surface area contributed by atoms with E-state index in [4.69, 9.17) is 4.42 Å². The van der Waals surface area contributed by atoms with Crippen molar-refractivity contribution in [3.63, 3.8) is 0 Å². The summed E-state index contributed by atoms with van der Waals surface area (Å²) in [4.78, 5) is 2.49. The fourth-order valence-corrected chi connectivity index (χ4v) is 12.9. The van der Waals surface area contributed by atoms with Crippen LogP contribution in [0.5, 0.6) is 0 Å². The molecular weight excluding hydrogens is 871 g/mol. The standard InChI is InChI=1S/C70H47NO/c1-69(2)61-20-10-6-16-53(61)56-38-34-51(42-64(56)69)71(50-32-28-47(29-33-50)46-26-24-45(25-27-46)44-14-4-3-5-15-44)52-35-39-58-57-36-30-48(49-31-37-60-59-19-9-13-23-67(59)72-68(60)41-49)40-65(57)70(66(58)43-52)62-21-11-7-17-54(62)55-18-8-12-22-63(55)70/h3-43H,1-2H3. The van der Waals surface area contributed by atoms with Gasteiger partial charge in [-0.1, -0.05) is 202 Å². The van der Waals surface area contributed by atoms with Crippen LogP contribution in [0.3, 0.4) is 0 Å². The van der Waals surface area contributed by atoms with Crippen LogP contribution in [0.15, 0.2) is 253 Å². The van der Waals surface area contributed by atoms with E-state index in [-0.39, 0.29) is 5.41 Å². The molecule has 0 amide bonds. The molecule has 3 aliphatic rings. The first-order valence-corrected chi connectivity index (χ1v) is 25.1. The molecule has 3 aliphatic carbocycles. The maximum atomic E-state index is 6.45. The minimum Gasteiger partial charge on any atom is -0.456 e. The minimum atomic E-state index is -0.559. The third kappa shape index (κ3) is 5.78. The average Bonchev–Trinajstić information content (AvgIpc) is 4.13. The van der Waals surface area contributed by atoms with Crippen LogP contribution in [-0.4, -0.2) is 0 Å². The van der Waals surface area contributed by atoms with Gasteiger partial charge in [0.05, 0.1) is 5.41 Å². The zero-order valence-electron chi connectivity index (χ0n) is 40.0. The lowest BCUT2D eigenvalue weighted by atomic mass is 9.70. The predicted molar refractivity (Wildman–Crippen MR) is 299 cm³/mol. The monoisotopic (exact) mass is 917 g/mol. The van der Waals surface area contributed by atoms with Crippen LogP contribution in [0.1, 0.15) is 47.2 Å². The normalized spacial score (nSPS) is 13.9. The predicted octanol–water partition coefficient (Wildman–Crippen LogP) is 18.7. The van der Waals surface area contributed by atoms with Crippen molar-refractivity contribution in [2.45, 2.75) is 24.7 Å². The molecule has 15 rings (SSSR count). The lowest BCUT2D eigenvalue weighted by Crippen LogP contribution is -2.26. The van der Waals surface area contributed by atoms with Crippen molar-refractivity contribution >= 4 is 39.0 Å². The van der Waals surface area contributed by atoms with E-state index in [1.807, 2.05) is 6.07 Å². The summed E-state index contributed by atoms with van der Waals surface area (Å²) in [7, 11) is 0. The number of rotatable bonds is 6. The van der Waals surface area contributed by atoms with Crippen molar-refractivity contribution in [1.29, 1.82) is 0 Å². The first kappa shape index (κ1) is 40.9. The molecule has 2 nitrogen and oxygen atoms in total. The zero-order chi connectivity index (χ0) is 47.7. The van der Waals surface area contributed by atoms with Crippen molar-refractivity contribution in [3.05, 3.63) is 282 Å². The van der Waals surface area contributed by atoms with Gasteiger partial charge in [-0.3, -0.25) is 0 Å². The first-order valence-electron chi connectivity index (χ1n) is 25.1. The molecule has 11 aromatic carbocycles. The smallest absolute Gasteiger partial charge is 0.136 e. The van der Waals surface area contributed by atoms with Crippen molar-refractivity contribution in [3.8, 4) is 66.8 Å². The van der Waals surface area contributed by atoms with Crippen molar-refractivity contribution in [2.24, 2.45) is 0 Å². The summed E-state index contributed by atoms with van der Waals surface area (Å²) >= 11 is 0. The summed E-state index contributed by atoms with van der Waals surface area (Å²) in [5.41, 5.74) is 27.3. The second-order valence-corrected chi connectivity index (χ2v) is 20.4. The Kier molecular flexibility index (Phi) is 8.66. The molecule has 338 valence electrons. The Hall–Kier alpha value is -8.98. The summed E-state index contributed by atoms with van der Waals surface area (Å²) < 4.78 is 6.45. The molecule has 0 saturated heterocycles. The van der Waals surface area contributed by atoms with Crippen molar-refractivity contribution in [2.75, 3.05) is 4.90 Å². The average molecular weight is 918 g/mol. The quantitative estimate of drug-likeness (QED) is 0.165. The molecule has 0 unspecified atom stereocenters. The van der Waals surface area contributed by atoms with Gasteiger partial charge in [-0.2, -0.15) is 0 Å². The number of benzene rings is 11. The van der Waals surface area contributed by atoms with Crippen LogP contribution in [0.4, 0.5) is 17.1 Å². The molecule has 2 heteroatoms. The second kappa shape index (κ2) is 15.3. The van der Waals surface area contributed by atoms with Crippen LogP contribution in [0.25, 0.3) is 88.7 Å².